The fourth-order valence-electron chi connectivity index (χ4n) is 1.91. The first-order valence-electron chi connectivity index (χ1n) is 6.95. The molecule has 0 aliphatic heterocycles. The van der Waals surface area contributed by atoms with Crippen LogP contribution in [-0.2, 0) is 11.0 Å². The number of nitrogens with zero attached hydrogens (tertiary/aromatic N) is 2. The molecule has 0 fully saturated rings. The van der Waals surface area contributed by atoms with E-state index in [0.29, 0.717) is 18.5 Å². The van der Waals surface area contributed by atoms with Gasteiger partial charge in [0.05, 0.1) is 12.3 Å². The number of unbranched alkanes of at least 4 members (excludes halogenated alkanes) is 1. The zero-order chi connectivity index (χ0) is 16.9. The third-order valence-corrected chi connectivity index (χ3v) is 3.00. The molecule has 0 unspecified atom stereocenters. The first-order chi connectivity index (χ1) is 10.9. The van der Waals surface area contributed by atoms with Crippen molar-refractivity contribution in [1.82, 2.24) is 9.78 Å². The molecule has 5 nitrogen and oxygen atoms in total. The van der Waals surface area contributed by atoms with Crippen LogP contribution in [-0.4, -0.2) is 27.5 Å². The normalized spacial score (nSPS) is 11.4. The van der Waals surface area contributed by atoms with E-state index in [-0.39, 0.29) is 18.9 Å². The van der Waals surface area contributed by atoms with Crippen molar-refractivity contribution in [3.63, 3.8) is 0 Å². The minimum absolute atomic E-state index is 0.00485. The van der Waals surface area contributed by atoms with Crippen molar-refractivity contribution in [2.24, 2.45) is 0 Å². The van der Waals surface area contributed by atoms with E-state index in [4.69, 9.17) is 9.84 Å². The maximum atomic E-state index is 12.8. The van der Waals surface area contributed by atoms with E-state index < -0.39 is 17.8 Å². The van der Waals surface area contributed by atoms with Crippen molar-refractivity contribution in [2.75, 3.05) is 6.61 Å². The molecule has 1 N–H and O–H groups in total. The SMILES string of the molecule is O=C(O)CCCCOc1cc(C(F)(F)F)nn1-c1ccccc1. The summed E-state index contributed by atoms with van der Waals surface area (Å²) in [5.41, 5.74) is -0.592. The average molecular weight is 328 g/mol. The van der Waals surface area contributed by atoms with Gasteiger partial charge >= 0.3 is 12.1 Å². The molecule has 23 heavy (non-hydrogen) atoms. The first-order valence-corrected chi connectivity index (χ1v) is 6.95. The van der Waals surface area contributed by atoms with Gasteiger partial charge in [0.15, 0.2) is 5.69 Å². The van der Waals surface area contributed by atoms with Crippen molar-refractivity contribution in [1.29, 1.82) is 0 Å². The molecule has 2 rings (SSSR count). The molecule has 0 atom stereocenters. The molecule has 0 saturated heterocycles. The topological polar surface area (TPSA) is 64.3 Å². The van der Waals surface area contributed by atoms with Gasteiger partial charge < -0.3 is 9.84 Å². The highest BCUT2D eigenvalue weighted by Gasteiger charge is 2.35. The number of para-hydroxylation sites is 1. The van der Waals surface area contributed by atoms with Gasteiger partial charge in [-0.15, -0.1) is 0 Å². The number of aromatic nitrogens is 2. The molecule has 0 aliphatic carbocycles. The van der Waals surface area contributed by atoms with Gasteiger partial charge in [-0.05, 0) is 25.0 Å². The second kappa shape index (κ2) is 7.17. The van der Waals surface area contributed by atoms with Crippen molar-refractivity contribution >= 4 is 5.97 Å². The Hall–Kier alpha value is -2.51. The van der Waals surface area contributed by atoms with Crippen LogP contribution < -0.4 is 4.74 Å². The number of rotatable bonds is 7. The van der Waals surface area contributed by atoms with E-state index in [1.54, 1.807) is 30.3 Å². The summed E-state index contributed by atoms with van der Waals surface area (Å²) in [4.78, 5) is 10.4. The minimum Gasteiger partial charge on any atom is -0.481 e. The van der Waals surface area contributed by atoms with Gasteiger partial charge in [-0.3, -0.25) is 4.79 Å². The smallest absolute Gasteiger partial charge is 0.435 e. The molecule has 0 spiro atoms. The number of benzene rings is 1. The average Bonchev–Trinajstić information content (AvgIpc) is 2.92. The lowest BCUT2D eigenvalue weighted by Crippen LogP contribution is -2.08. The quantitative estimate of drug-likeness (QED) is 0.790. The lowest BCUT2D eigenvalue weighted by atomic mass is 10.2. The Morgan fingerprint density at radius 2 is 1.91 bits per heavy atom. The molecule has 1 heterocycles. The number of carboxylic acid groups (broad SMARTS) is 1. The van der Waals surface area contributed by atoms with E-state index in [2.05, 4.69) is 5.10 Å². The monoisotopic (exact) mass is 328 g/mol. The number of hydrogen-bond acceptors (Lipinski definition) is 3. The van der Waals surface area contributed by atoms with Crippen LogP contribution in [0.2, 0.25) is 0 Å². The van der Waals surface area contributed by atoms with Crippen molar-refractivity contribution in [3.8, 4) is 11.6 Å². The Balaban J connectivity index is 2.13. The number of ether oxygens (including phenoxy) is 1. The summed E-state index contributed by atoms with van der Waals surface area (Å²) in [7, 11) is 0. The number of aliphatic carboxylic acids is 1. The molecular weight excluding hydrogens is 313 g/mol. The maximum Gasteiger partial charge on any atom is 0.435 e. The molecule has 0 amide bonds. The predicted molar refractivity (Wildman–Crippen MR) is 75.5 cm³/mol. The summed E-state index contributed by atoms with van der Waals surface area (Å²) in [6, 6.07) is 9.17. The van der Waals surface area contributed by atoms with Crippen molar-refractivity contribution < 1.29 is 27.8 Å². The van der Waals surface area contributed by atoms with Gasteiger partial charge in [-0.1, -0.05) is 18.2 Å². The van der Waals surface area contributed by atoms with Crippen LogP contribution >= 0.6 is 0 Å². The van der Waals surface area contributed by atoms with Crippen molar-refractivity contribution in [2.45, 2.75) is 25.4 Å². The van der Waals surface area contributed by atoms with Crippen LogP contribution in [0, 0.1) is 0 Å². The molecule has 0 radical (unpaired) electrons. The Morgan fingerprint density at radius 3 is 2.52 bits per heavy atom. The zero-order valence-corrected chi connectivity index (χ0v) is 12.1. The Labute approximate surface area is 130 Å². The predicted octanol–water partition coefficient (Wildman–Crippen LogP) is 3.52. The summed E-state index contributed by atoms with van der Waals surface area (Å²) < 4.78 is 44.9. The first kappa shape index (κ1) is 16.9. The summed E-state index contributed by atoms with van der Waals surface area (Å²) in [6.07, 6.45) is -3.76. The fourth-order valence-corrected chi connectivity index (χ4v) is 1.91. The summed E-state index contributed by atoms with van der Waals surface area (Å²) in [6.45, 7) is 0.114. The summed E-state index contributed by atoms with van der Waals surface area (Å²) in [5, 5.41) is 12.1. The Morgan fingerprint density at radius 1 is 1.22 bits per heavy atom. The van der Waals surface area contributed by atoms with Crippen LogP contribution in [0.4, 0.5) is 13.2 Å². The second-order valence-electron chi connectivity index (χ2n) is 4.81. The molecule has 0 bridgehead atoms. The minimum atomic E-state index is -4.57. The second-order valence-corrected chi connectivity index (χ2v) is 4.81. The third kappa shape index (κ3) is 4.73. The third-order valence-electron chi connectivity index (χ3n) is 3.00. The number of alkyl halides is 3. The van der Waals surface area contributed by atoms with Gasteiger partial charge in [0.2, 0.25) is 5.88 Å². The molecule has 1 aromatic carbocycles. The van der Waals surface area contributed by atoms with Gasteiger partial charge in [0.25, 0.3) is 0 Å². The molecule has 0 saturated carbocycles. The highest BCUT2D eigenvalue weighted by Crippen LogP contribution is 2.32. The highest BCUT2D eigenvalue weighted by molar-refractivity contribution is 5.66. The van der Waals surface area contributed by atoms with E-state index >= 15 is 0 Å². The van der Waals surface area contributed by atoms with Crippen molar-refractivity contribution in [3.05, 3.63) is 42.1 Å². The van der Waals surface area contributed by atoms with E-state index in [1.807, 2.05) is 0 Å². The fraction of sp³-hybridized carbons (Fsp3) is 0.333. The van der Waals surface area contributed by atoms with Crippen LogP contribution in [0.5, 0.6) is 5.88 Å². The maximum absolute atomic E-state index is 12.8. The van der Waals surface area contributed by atoms with Gasteiger partial charge in [-0.25, -0.2) is 4.68 Å². The summed E-state index contributed by atoms with van der Waals surface area (Å²) >= 11 is 0. The lowest BCUT2D eigenvalue weighted by molar-refractivity contribution is -0.141. The van der Waals surface area contributed by atoms with E-state index in [9.17, 15) is 18.0 Å². The molecule has 1 aromatic heterocycles. The number of carboxylic acids is 1. The largest absolute Gasteiger partial charge is 0.481 e. The van der Waals surface area contributed by atoms with Gasteiger partial charge in [-0.2, -0.15) is 18.3 Å². The molecular formula is C15H15F3N2O3. The van der Waals surface area contributed by atoms with Gasteiger partial charge in [0.1, 0.15) is 0 Å². The van der Waals surface area contributed by atoms with E-state index in [1.165, 1.54) is 0 Å². The van der Waals surface area contributed by atoms with Crippen LogP contribution in [0.25, 0.3) is 5.69 Å². The number of halogens is 3. The Bertz CT molecular complexity index is 654. The van der Waals surface area contributed by atoms with Crippen LogP contribution in [0.1, 0.15) is 25.0 Å². The standard InChI is InChI=1S/C15H15F3N2O3/c16-15(17,18)12-10-13(23-9-5-4-8-14(21)22)20(19-12)11-6-2-1-3-7-11/h1-3,6-7,10H,4-5,8-9H2,(H,21,22). The Kier molecular flexibility index (Phi) is 5.25. The number of hydrogen-bond donors (Lipinski definition) is 1. The van der Waals surface area contributed by atoms with Gasteiger partial charge in [0, 0.05) is 12.5 Å². The zero-order valence-electron chi connectivity index (χ0n) is 12.1. The highest BCUT2D eigenvalue weighted by atomic mass is 19.4. The molecule has 124 valence electrons. The number of carbonyl (C=O) groups is 1. The molecule has 8 heteroatoms. The van der Waals surface area contributed by atoms with Crippen LogP contribution in [0.15, 0.2) is 36.4 Å². The molecule has 2 aromatic rings. The summed E-state index contributed by atoms with van der Waals surface area (Å²) in [5.74, 6) is -0.947. The van der Waals surface area contributed by atoms with Crippen LogP contribution in [0.3, 0.4) is 0 Å². The lowest BCUT2D eigenvalue weighted by Gasteiger charge is -2.08. The van der Waals surface area contributed by atoms with E-state index in [0.717, 1.165) is 10.7 Å². The molecule has 0 aliphatic rings.